The van der Waals surface area contributed by atoms with E-state index in [1.54, 1.807) is 0 Å². The van der Waals surface area contributed by atoms with Gasteiger partial charge in [0, 0.05) is 12.8 Å². The minimum atomic E-state index is -4.39. The molecule has 0 spiro atoms. The Hall–Kier alpha value is -1.77. The van der Waals surface area contributed by atoms with Crippen molar-refractivity contribution < 1.29 is 42.1 Å². The minimum absolute atomic E-state index is 0.0314. The molecule has 0 heterocycles. The summed E-state index contributed by atoms with van der Waals surface area (Å²) in [4.78, 5) is 35.7. The predicted molar refractivity (Wildman–Crippen MR) is 312 cm³/mol. The molecule has 0 fully saturated rings. The Kier molecular flexibility index (Phi) is 53.7. The van der Waals surface area contributed by atoms with Crippen molar-refractivity contribution in [2.45, 2.75) is 309 Å². The molecule has 0 aliphatic heterocycles. The van der Waals surface area contributed by atoms with Crippen molar-refractivity contribution in [3.8, 4) is 0 Å². The van der Waals surface area contributed by atoms with Crippen molar-refractivity contribution in [1.82, 2.24) is 0 Å². The van der Waals surface area contributed by atoms with Crippen LogP contribution in [0.3, 0.4) is 0 Å². The van der Waals surface area contributed by atoms with E-state index in [1.165, 1.54) is 212 Å². The molecule has 0 rings (SSSR count). The number of phosphoric acid groups is 1. The zero-order valence-corrected chi connectivity index (χ0v) is 49.8. The molecule has 2 unspecified atom stereocenters. The number of phosphoric ester groups is 1. The van der Waals surface area contributed by atoms with Gasteiger partial charge in [-0.05, 0) is 51.4 Å². The Bertz CT molecular complexity index is 1330. The second-order valence-electron chi connectivity index (χ2n) is 22.5. The largest absolute Gasteiger partial charge is 0.472 e. The number of carbonyl (C=O) groups excluding carboxylic acids is 2. The Balaban J connectivity index is 4.10. The molecule has 0 aromatic rings. The van der Waals surface area contributed by atoms with E-state index in [4.69, 9.17) is 18.5 Å². The highest BCUT2D eigenvalue weighted by atomic mass is 31.2. The van der Waals surface area contributed by atoms with Gasteiger partial charge in [0.15, 0.2) is 6.10 Å². The lowest BCUT2D eigenvalue weighted by molar-refractivity contribution is -0.870. The van der Waals surface area contributed by atoms with E-state index < -0.39 is 26.5 Å². The summed E-state index contributed by atoms with van der Waals surface area (Å²) in [6.07, 6.45) is 67.9. The molecule has 0 aliphatic carbocycles. The molecule has 430 valence electrons. The average Bonchev–Trinajstić information content (AvgIpc) is 3.35. The van der Waals surface area contributed by atoms with Gasteiger partial charge in [0.1, 0.15) is 19.8 Å². The molecule has 0 aromatic carbocycles. The Morgan fingerprint density at radius 2 is 0.740 bits per heavy atom. The number of carbonyl (C=O) groups is 2. The van der Waals surface area contributed by atoms with Crippen molar-refractivity contribution in [3.05, 3.63) is 36.5 Å². The van der Waals surface area contributed by atoms with Crippen LogP contribution in [0.15, 0.2) is 36.5 Å². The summed E-state index contributed by atoms with van der Waals surface area (Å²) in [5.74, 6) is -0.791. The standard InChI is InChI=1S/C63H120NO8P/c1-6-8-10-12-14-16-18-20-22-24-26-28-30-31-32-34-35-37-39-41-43-45-47-49-51-53-55-62(65)69-59-61(60-71-73(67,68)70-58-57-64(3,4)5)72-63(66)56-54-52-50-48-46-44-42-40-38-36-33-29-27-25-23-21-19-17-15-13-11-9-7-2/h19,21,25,27,33,36,61H,6-18,20,22-24,26,28-32,34-35,37-60H2,1-5H3/p+1/b21-19-,27-25-,36-33-. The van der Waals surface area contributed by atoms with Gasteiger partial charge in [-0.2, -0.15) is 0 Å². The number of likely N-dealkylation sites (N-methyl/N-ethyl adjacent to an activating group) is 1. The number of unbranched alkanes of at least 4 members (excludes halogenated alkanes) is 38. The maximum absolute atomic E-state index is 12.8. The van der Waals surface area contributed by atoms with Gasteiger partial charge in [0.25, 0.3) is 0 Å². The molecule has 0 saturated carbocycles. The number of quaternary nitrogens is 1. The fourth-order valence-corrected chi connectivity index (χ4v) is 9.83. The van der Waals surface area contributed by atoms with Crippen LogP contribution in [-0.4, -0.2) is 74.9 Å². The summed E-state index contributed by atoms with van der Waals surface area (Å²) in [7, 11) is 1.48. The van der Waals surface area contributed by atoms with E-state index in [1.807, 2.05) is 21.1 Å². The van der Waals surface area contributed by atoms with Crippen molar-refractivity contribution in [2.24, 2.45) is 0 Å². The van der Waals surface area contributed by atoms with Gasteiger partial charge in [-0.15, -0.1) is 0 Å². The molecule has 0 amide bonds. The van der Waals surface area contributed by atoms with Crippen LogP contribution < -0.4 is 0 Å². The number of allylic oxidation sites excluding steroid dienone is 6. The maximum atomic E-state index is 12.8. The number of ether oxygens (including phenoxy) is 2. The van der Waals surface area contributed by atoms with E-state index in [0.717, 1.165) is 57.8 Å². The molecular weight excluding hydrogens is 930 g/mol. The average molecular weight is 1050 g/mol. The zero-order chi connectivity index (χ0) is 53.5. The second kappa shape index (κ2) is 55.0. The third kappa shape index (κ3) is 59.3. The highest BCUT2D eigenvalue weighted by molar-refractivity contribution is 7.47. The van der Waals surface area contributed by atoms with Crippen molar-refractivity contribution in [1.29, 1.82) is 0 Å². The van der Waals surface area contributed by atoms with E-state index in [9.17, 15) is 19.0 Å². The summed E-state index contributed by atoms with van der Waals surface area (Å²) in [5.41, 5.74) is 0. The van der Waals surface area contributed by atoms with Crippen molar-refractivity contribution in [2.75, 3.05) is 47.5 Å². The summed E-state index contributed by atoms with van der Waals surface area (Å²) >= 11 is 0. The van der Waals surface area contributed by atoms with Gasteiger partial charge in [-0.3, -0.25) is 18.6 Å². The normalized spacial score (nSPS) is 13.5. The molecule has 0 aromatic heterocycles. The highest BCUT2D eigenvalue weighted by Gasteiger charge is 2.27. The number of hydrogen-bond acceptors (Lipinski definition) is 7. The Labute approximate surface area is 452 Å². The second-order valence-corrected chi connectivity index (χ2v) is 23.9. The lowest BCUT2D eigenvalue weighted by Crippen LogP contribution is -2.37. The molecule has 0 saturated heterocycles. The monoisotopic (exact) mass is 1050 g/mol. The zero-order valence-electron chi connectivity index (χ0n) is 48.9. The lowest BCUT2D eigenvalue weighted by atomic mass is 10.0. The first kappa shape index (κ1) is 71.2. The number of nitrogens with zero attached hydrogens (tertiary/aromatic N) is 1. The van der Waals surface area contributed by atoms with Gasteiger partial charge in [0.05, 0.1) is 27.7 Å². The van der Waals surface area contributed by atoms with Crippen LogP contribution in [0.1, 0.15) is 303 Å². The van der Waals surface area contributed by atoms with Crippen LogP contribution in [0, 0.1) is 0 Å². The Morgan fingerprint density at radius 1 is 0.425 bits per heavy atom. The van der Waals surface area contributed by atoms with Crippen molar-refractivity contribution >= 4 is 19.8 Å². The van der Waals surface area contributed by atoms with Gasteiger partial charge in [-0.1, -0.05) is 275 Å². The highest BCUT2D eigenvalue weighted by Crippen LogP contribution is 2.43. The van der Waals surface area contributed by atoms with Gasteiger partial charge in [-0.25, -0.2) is 4.57 Å². The molecular formula is C63H121NO8P+. The molecule has 1 N–H and O–H groups in total. The number of rotatable bonds is 58. The SMILES string of the molecule is CCCCCCC/C=C\C/C=C\C/C=C\CCCCCCCCCCC(=O)OC(COC(=O)CCCCCCCCCCCCCCCCCCCCCCCCCCCC)COP(=O)(O)OCC[N+](C)(C)C. The lowest BCUT2D eigenvalue weighted by Gasteiger charge is -2.24. The summed E-state index contributed by atoms with van der Waals surface area (Å²) in [5, 5.41) is 0. The summed E-state index contributed by atoms with van der Waals surface area (Å²) in [6, 6.07) is 0. The maximum Gasteiger partial charge on any atom is 0.472 e. The van der Waals surface area contributed by atoms with Crippen LogP contribution in [0.4, 0.5) is 0 Å². The predicted octanol–water partition coefficient (Wildman–Crippen LogP) is 19.5. The van der Waals surface area contributed by atoms with Crippen LogP contribution >= 0.6 is 7.82 Å². The molecule has 73 heavy (non-hydrogen) atoms. The first-order valence-electron chi connectivity index (χ1n) is 31.2. The molecule has 9 nitrogen and oxygen atoms in total. The quantitative estimate of drug-likeness (QED) is 0.0211. The Morgan fingerprint density at radius 3 is 1.10 bits per heavy atom. The van der Waals surface area contributed by atoms with Gasteiger partial charge < -0.3 is 18.9 Å². The van der Waals surface area contributed by atoms with Crippen molar-refractivity contribution in [3.63, 3.8) is 0 Å². The fourth-order valence-electron chi connectivity index (χ4n) is 9.08. The summed E-state index contributed by atoms with van der Waals surface area (Å²) in [6.45, 7) is 4.47. The fraction of sp³-hybridized carbons (Fsp3) is 0.873. The summed E-state index contributed by atoms with van der Waals surface area (Å²) < 4.78 is 34.6. The molecule has 2 atom stereocenters. The van der Waals surface area contributed by atoms with E-state index in [2.05, 4.69) is 50.3 Å². The van der Waals surface area contributed by atoms with Gasteiger partial charge in [0.2, 0.25) is 0 Å². The van der Waals surface area contributed by atoms with Gasteiger partial charge >= 0.3 is 19.8 Å². The molecule has 10 heteroatoms. The van der Waals surface area contributed by atoms with E-state index >= 15 is 0 Å². The van der Waals surface area contributed by atoms with Crippen LogP contribution in [0.2, 0.25) is 0 Å². The molecule has 0 bridgehead atoms. The van der Waals surface area contributed by atoms with E-state index in [0.29, 0.717) is 23.9 Å². The smallest absolute Gasteiger partial charge is 0.462 e. The number of esters is 2. The third-order valence-electron chi connectivity index (χ3n) is 13.9. The van der Waals surface area contributed by atoms with Crippen LogP contribution in [0.5, 0.6) is 0 Å². The minimum Gasteiger partial charge on any atom is -0.462 e. The number of hydrogen-bond donors (Lipinski definition) is 1. The van der Waals surface area contributed by atoms with E-state index in [-0.39, 0.29) is 25.6 Å². The topological polar surface area (TPSA) is 108 Å². The van der Waals surface area contributed by atoms with Crippen LogP contribution in [0.25, 0.3) is 0 Å². The molecule has 0 aliphatic rings. The molecule has 0 radical (unpaired) electrons. The first-order chi connectivity index (χ1) is 35.5. The third-order valence-corrected chi connectivity index (χ3v) is 14.9. The van der Waals surface area contributed by atoms with Crippen LogP contribution in [-0.2, 0) is 32.7 Å². The first-order valence-corrected chi connectivity index (χ1v) is 32.7.